The highest BCUT2D eigenvalue weighted by atomic mass is 35.5. The first-order valence-corrected chi connectivity index (χ1v) is 8.06. The average Bonchev–Trinajstić information content (AvgIpc) is 3.23. The van der Waals surface area contributed by atoms with Crippen LogP contribution in [-0.2, 0) is 13.0 Å². The molecule has 21 heavy (non-hydrogen) atoms. The second kappa shape index (κ2) is 5.36. The van der Waals surface area contributed by atoms with Gasteiger partial charge in [0, 0.05) is 35.5 Å². The Labute approximate surface area is 130 Å². The fourth-order valence-electron chi connectivity index (χ4n) is 3.00. The summed E-state index contributed by atoms with van der Waals surface area (Å²) in [7, 11) is 0. The number of halogens is 1. The van der Waals surface area contributed by atoms with Gasteiger partial charge in [-0.2, -0.15) is 0 Å². The van der Waals surface area contributed by atoms with Crippen molar-refractivity contribution in [1.29, 1.82) is 0 Å². The van der Waals surface area contributed by atoms with Crippen molar-refractivity contribution in [1.82, 2.24) is 5.32 Å². The summed E-state index contributed by atoms with van der Waals surface area (Å²) in [5.41, 5.74) is 5.13. The number of nitrogens with zero attached hydrogens (tertiary/aromatic N) is 1. The molecule has 1 N–H and O–H groups in total. The molecular weight excluding hydrogens is 280 g/mol. The van der Waals surface area contributed by atoms with Crippen molar-refractivity contribution < 1.29 is 0 Å². The van der Waals surface area contributed by atoms with Crippen molar-refractivity contribution in [2.45, 2.75) is 31.8 Å². The first-order chi connectivity index (χ1) is 10.3. The van der Waals surface area contributed by atoms with E-state index in [9.17, 15) is 0 Å². The lowest BCUT2D eigenvalue weighted by atomic mass is 10.1. The molecule has 0 saturated heterocycles. The molecule has 2 aliphatic rings. The molecule has 0 amide bonds. The number of fused-ring (bicyclic) bond motifs is 1. The van der Waals surface area contributed by atoms with Crippen LogP contribution in [0, 0.1) is 0 Å². The smallest absolute Gasteiger partial charge is 0.0471 e. The van der Waals surface area contributed by atoms with E-state index in [0.717, 1.165) is 24.5 Å². The predicted molar refractivity (Wildman–Crippen MR) is 88.5 cm³/mol. The van der Waals surface area contributed by atoms with Crippen molar-refractivity contribution in [3.8, 4) is 0 Å². The highest BCUT2D eigenvalue weighted by Gasteiger charge is 2.22. The van der Waals surface area contributed by atoms with Crippen molar-refractivity contribution in [3.05, 3.63) is 58.6 Å². The Kier molecular flexibility index (Phi) is 3.36. The Bertz CT molecular complexity index is 664. The van der Waals surface area contributed by atoms with E-state index >= 15 is 0 Å². The zero-order valence-corrected chi connectivity index (χ0v) is 12.7. The third-order valence-corrected chi connectivity index (χ3v) is 4.75. The molecule has 108 valence electrons. The molecule has 0 radical (unpaired) electrons. The van der Waals surface area contributed by atoms with Crippen molar-refractivity contribution in [2.24, 2.45) is 0 Å². The minimum Gasteiger partial charge on any atom is -0.341 e. The molecular formula is C18H19ClN2. The minimum atomic E-state index is 0.714. The Hall–Kier alpha value is -1.51. The van der Waals surface area contributed by atoms with E-state index in [2.05, 4.69) is 52.7 Å². The first-order valence-electron chi connectivity index (χ1n) is 7.68. The molecule has 0 bridgehead atoms. The number of hydrogen-bond donors (Lipinski definition) is 1. The molecule has 1 heterocycles. The second-order valence-electron chi connectivity index (χ2n) is 5.96. The molecule has 3 heteroatoms. The lowest BCUT2D eigenvalue weighted by Crippen LogP contribution is -2.16. The van der Waals surface area contributed by atoms with E-state index in [4.69, 9.17) is 11.6 Å². The van der Waals surface area contributed by atoms with Crippen LogP contribution >= 0.6 is 11.6 Å². The van der Waals surface area contributed by atoms with Crippen LogP contribution in [0.2, 0.25) is 5.02 Å². The van der Waals surface area contributed by atoms with Crippen LogP contribution in [0.3, 0.4) is 0 Å². The average molecular weight is 299 g/mol. The van der Waals surface area contributed by atoms with Gasteiger partial charge in [0.25, 0.3) is 0 Å². The lowest BCUT2D eigenvalue weighted by molar-refractivity contribution is 0.688. The number of nitrogens with one attached hydrogen (secondary N) is 1. The molecule has 2 aromatic carbocycles. The molecule has 0 atom stereocenters. The van der Waals surface area contributed by atoms with Crippen molar-refractivity contribution >= 4 is 23.0 Å². The molecule has 2 nitrogen and oxygen atoms in total. The molecule has 1 fully saturated rings. The van der Waals surface area contributed by atoms with E-state index in [0.29, 0.717) is 6.04 Å². The summed E-state index contributed by atoms with van der Waals surface area (Å²) in [6.45, 7) is 1.91. The van der Waals surface area contributed by atoms with Gasteiger partial charge in [-0.1, -0.05) is 35.9 Å². The van der Waals surface area contributed by atoms with E-state index in [1.54, 1.807) is 0 Å². The normalized spacial score (nSPS) is 17.1. The SMILES string of the molecule is Clc1cc(N2CCc3ccccc32)ccc1CNC1CC1. The third-order valence-electron chi connectivity index (χ3n) is 4.39. The van der Waals surface area contributed by atoms with E-state index in [1.165, 1.54) is 35.3 Å². The van der Waals surface area contributed by atoms with Crippen molar-refractivity contribution in [2.75, 3.05) is 11.4 Å². The highest BCUT2D eigenvalue weighted by Crippen LogP contribution is 2.36. The minimum absolute atomic E-state index is 0.714. The molecule has 0 aromatic heterocycles. The van der Waals surface area contributed by atoms with Gasteiger partial charge in [-0.05, 0) is 48.6 Å². The van der Waals surface area contributed by atoms with E-state index in [-0.39, 0.29) is 0 Å². The van der Waals surface area contributed by atoms with Crippen LogP contribution in [0.5, 0.6) is 0 Å². The zero-order valence-electron chi connectivity index (χ0n) is 12.0. The van der Waals surface area contributed by atoms with Crippen molar-refractivity contribution in [3.63, 3.8) is 0 Å². The maximum Gasteiger partial charge on any atom is 0.0471 e. The number of benzene rings is 2. The quantitative estimate of drug-likeness (QED) is 0.906. The molecule has 0 spiro atoms. The molecule has 4 rings (SSSR count). The number of para-hydroxylation sites is 1. The van der Waals surface area contributed by atoms with Gasteiger partial charge >= 0.3 is 0 Å². The fraction of sp³-hybridized carbons (Fsp3) is 0.333. The third kappa shape index (κ3) is 2.66. The summed E-state index contributed by atoms with van der Waals surface area (Å²) in [4.78, 5) is 2.36. The van der Waals surface area contributed by atoms with Gasteiger partial charge in [-0.15, -0.1) is 0 Å². The second-order valence-corrected chi connectivity index (χ2v) is 6.37. The standard InChI is InChI=1S/C18H19ClN2/c19-17-11-16(8-5-14(17)12-20-15-6-7-15)21-10-9-13-3-1-2-4-18(13)21/h1-5,8,11,15,20H,6-7,9-10,12H2. The summed E-state index contributed by atoms with van der Waals surface area (Å²) in [6, 6.07) is 15.8. The van der Waals surface area contributed by atoms with Crippen LogP contribution in [0.25, 0.3) is 0 Å². The summed E-state index contributed by atoms with van der Waals surface area (Å²) >= 11 is 6.47. The zero-order chi connectivity index (χ0) is 14.2. The van der Waals surface area contributed by atoms with Gasteiger partial charge < -0.3 is 10.2 Å². The highest BCUT2D eigenvalue weighted by molar-refractivity contribution is 6.31. The van der Waals surface area contributed by atoms with Gasteiger partial charge in [0.05, 0.1) is 0 Å². The molecule has 1 aliphatic heterocycles. The maximum absolute atomic E-state index is 6.47. The monoisotopic (exact) mass is 298 g/mol. The van der Waals surface area contributed by atoms with Gasteiger partial charge in [-0.3, -0.25) is 0 Å². The van der Waals surface area contributed by atoms with Crippen LogP contribution in [0.15, 0.2) is 42.5 Å². The van der Waals surface area contributed by atoms with Crippen LogP contribution in [0.4, 0.5) is 11.4 Å². The fourth-order valence-corrected chi connectivity index (χ4v) is 3.24. The van der Waals surface area contributed by atoms with Crippen LogP contribution < -0.4 is 10.2 Å². The Morgan fingerprint density at radius 1 is 1.14 bits per heavy atom. The van der Waals surface area contributed by atoms with Gasteiger partial charge in [0.2, 0.25) is 0 Å². The summed E-state index contributed by atoms with van der Waals surface area (Å²) in [5, 5.41) is 4.39. The Morgan fingerprint density at radius 2 is 2.00 bits per heavy atom. The molecule has 0 unspecified atom stereocenters. The van der Waals surface area contributed by atoms with Crippen LogP contribution in [0.1, 0.15) is 24.0 Å². The van der Waals surface area contributed by atoms with E-state index in [1.807, 2.05) is 0 Å². The van der Waals surface area contributed by atoms with E-state index < -0.39 is 0 Å². The summed E-state index contributed by atoms with van der Waals surface area (Å²) in [6.07, 6.45) is 3.72. The topological polar surface area (TPSA) is 15.3 Å². The largest absolute Gasteiger partial charge is 0.341 e. The molecule has 1 aliphatic carbocycles. The number of hydrogen-bond acceptors (Lipinski definition) is 2. The van der Waals surface area contributed by atoms with Gasteiger partial charge in [-0.25, -0.2) is 0 Å². The Balaban J connectivity index is 1.57. The van der Waals surface area contributed by atoms with Gasteiger partial charge in [0.15, 0.2) is 0 Å². The Morgan fingerprint density at radius 3 is 2.81 bits per heavy atom. The summed E-state index contributed by atoms with van der Waals surface area (Å²) < 4.78 is 0. The van der Waals surface area contributed by atoms with Gasteiger partial charge in [0.1, 0.15) is 0 Å². The lowest BCUT2D eigenvalue weighted by Gasteiger charge is -2.20. The first kappa shape index (κ1) is 13.2. The maximum atomic E-state index is 6.47. The summed E-state index contributed by atoms with van der Waals surface area (Å²) in [5.74, 6) is 0. The number of rotatable bonds is 4. The molecule has 2 aromatic rings. The predicted octanol–water partition coefficient (Wildman–Crippen LogP) is 4.29. The van der Waals surface area contributed by atoms with Crippen LogP contribution in [-0.4, -0.2) is 12.6 Å². The number of anilines is 2. The molecule has 1 saturated carbocycles.